The Balaban J connectivity index is 1.70. The third-order valence-electron chi connectivity index (χ3n) is 14.6. The first-order chi connectivity index (χ1) is 36.3. The third-order valence-corrected chi connectivity index (χ3v) is 14.6. The molecule has 4 rings (SSSR count). The number of rotatable bonds is 21. The number of aliphatic hydroxyl groups excluding tert-OH is 8. The minimum absolute atomic E-state index is 0.0707. The molecule has 2 unspecified atom stereocenters. The van der Waals surface area contributed by atoms with Crippen molar-refractivity contribution in [3.8, 4) is 5.75 Å². The van der Waals surface area contributed by atoms with Gasteiger partial charge in [0.1, 0.15) is 60.3 Å². The summed E-state index contributed by atoms with van der Waals surface area (Å²) in [4.78, 5) is 105. The van der Waals surface area contributed by atoms with Crippen LogP contribution >= 0.6 is 0 Å². The van der Waals surface area contributed by atoms with Crippen molar-refractivity contribution in [1.29, 1.82) is 0 Å². The van der Waals surface area contributed by atoms with Crippen molar-refractivity contribution in [3.05, 3.63) is 29.8 Å². The third kappa shape index (κ3) is 18.7. The number of nitrogens with zero attached hydrogens (tertiary/aromatic N) is 3. The van der Waals surface area contributed by atoms with Gasteiger partial charge >= 0.3 is 0 Å². The number of aliphatic hydroxyl groups is 8. The number of aromatic hydroxyl groups is 1. The highest BCUT2D eigenvalue weighted by Crippen LogP contribution is 2.27. The summed E-state index contributed by atoms with van der Waals surface area (Å²) in [7, 11) is 0. The van der Waals surface area contributed by atoms with Gasteiger partial charge in [-0.3, -0.25) is 38.6 Å². The second-order valence-electron chi connectivity index (χ2n) is 21.0. The van der Waals surface area contributed by atoms with E-state index >= 15 is 0 Å². The summed E-state index contributed by atoms with van der Waals surface area (Å²) in [5.41, 5.74) is 10.8. The monoisotopic (exact) mass is 1090 g/mol. The molecule has 0 spiro atoms. The number of nitrogens with two attached hydrogens (primary N) is 2. The molecule has 7 amide bonds. The molecule has 0 radical (unpaired) electrons. The van der Waals surface area contributed by atoms with Crippen molar-refractivity contribution in [2.24, 2.45) is 28.3 Å². The van der Waals surface area contributed by atoms with Crippen LogP contribution in [0.25, 0.3) is 0 Å². The van der Waals surface area contributed by atoms with Gasteiger partial charge in [-0.25, -0.2) is 0 Å². The highest BCUT2D eigenvalue weighted by molar-refractivity contribution is 5.98. The number of unbranched alkanes of at least 4 members (excludes halogenated alkanes) is 5. The number of nitrogens with one attached hydrogen (secondary N) is 5. The number of carbonyl (C=O) groups excluding carboxylic acids is 7. The number of phenolic OH excluding ortho intramolecular Hbond substituents is 1. The van der Waals surface area contributed by atoms with Crippen LogP contribution in [0.4, 0.5) is 0 Å². The van der Waals surface area contributed by atoms with E-state index in [0.29, 0.717) is 24.7 Å². The SMILES string of the molecule is CCC(C)CC(C)CCCCCCCCC(=O)N[C@H]1C[C@@H](O)[C@@H](O)NC(=O)[C@@H]2[C@@H](O)CCN2C(=O)[C@H]([C@H](O)CCN=C(N)N)NC(=O)[C@H]([C@H](O)[C@@H](O)c2ccc(O)cc2)NC(=O)[C@@H]2C[C@@H](O)CN2C(=O)[C@H]([C@@H](C)O)NC1=O. The van der Waals surface area contributed by atoms with Gasteiger partial charge in [0, 0.05) is 38.9 Å². The summed E-state index contributed by atoms with van der Waals surface area (Å²) in [6.07, 6.45) is -9.03. The van der Waals surface area contributed by atoms with Crippen LogP contribution in [0.15, 0.2) is 29.3 Å². The van der Waals surface area contributed by atoms with Crippen molar-refractivity contribution < 1.29 is 79.5 Å². The molecule has 3 saturated heterocycles. The molecule has 0 saturated carbocycles. The molecule has 26 heteroatoms. The van der Waals surface area contributed by atoms with Crippen molar-refractivity contribution in [3.63, 3.8) is 0 Å². The van der Waals surface area contributed by atoms with Crippen LogP contribution in [0.3, 0.4) is 0 Å². The maximum Gasteiger partial charge on any atom is 0.248 e. The van der Waals surface area contributed by atoms with Gasteiger partial charge in [-0.1, -0.05) is 77.8 Å². The van der Waals surface area contributed by atoms with Gasteiger partial charge in [0.25, 0.3) is 0 Å². The van der Waals surface area contributed by atoms with Crippen LogP contribution < -0.4 is 38.1 Å². The zero-order chi connectivity index (χ0) is 57.3. The molecule has 3 heterocycles. The molecule has 1 aromatic carbocycles. The molecular weight excluding hydrogens is 1010 g/mol. The van der Waals surface area contributed by atoms with Gasteiger partial charge in [0.05, 0.1) is 24.4 Å². The molecule has 26 nitrogen and oxygen atoms in total. The van der Waals surface area contributed by atoms with Gasteiger partial charge in [-0.2, -0.15) is 0 Å². The lowest BCUT2D eigenvalue weighted by Gasteiger charge is -2.34. The fourth-order valence-electron chi connectivity index (χ4n) is 9.96. The van der Waals surface area contributed by atoms with E-state index in [2.05, 4.69) is 52.3 Å². The molecule has 0 bridgehead atoms. The molecule has 16 atom stereocenters. The topological polar surface area (TPSA) is 433 Å². The number of benzene rings is 1. The van der Waals surface area contributed by atoms with Gasteiger partial charge in [0.2, 0.25) is 41.4 Å². The highest BCUT2D eigenvalue weighted by atomic mass is 16.3. The van der Waals surface area contributed by atoms with E-state index < -0.39 is 165 Å². The standard InChI is InChI=1S/C51H84N10O16/c1-5-26(2)22-27(3)12-10-8-6-7-9-11-13-37(68)55-32-24-36(67)46(73)59-48(75)41-35(66)19-21-60(41)50(77)39(34(65)18-20-54-51(52)53)57-47(74)40(43(70)42(69)29-14-16-30(63)17-15-29)58-45(72)33-23-31(64)25-61(33)49(76)38(28(4)62)56-44(32)71/h14-17,26-28,31-36,38-43,46,62-67,69-70,73H,5-13,18-25H2,1-4H3,(H,55,68)(H,56,71)(H,57,74)(H,58,72)(H,59,75)(H4,52,53,54)/t26?,27?,28-,31-,32+,33+,34-,35+,36-,38+,39+,40+,41+,42+,43+,46-/m1/s1. The first kappa shape index (κ1) is 63.8. The Morgan fingerprint density at radius 2 is 1.34 bits per heavy atom. The zero-order valence-electron chi connectivity index (χ0n) is 44.4. The number of phenols is 1. The second-order valence-corrected chi connectivity index (χ2v) is 21.0. The molecular formula is C51H84N10O16. The fraction of sp³-hybridized carbons (Fsp3) is 0.725. The number of hydrogen-bond acceptors (Lipinski definition) is 17. The summed E-state index contributed by atoms with van der Waals surface area (Å²) in [6, 6.07) is -6.98. The normalized spacial score (nSPS) is 28.5. The lowest BCUT2D eigenvalue weighted by molar-refractivity contribution is -0.149. The van der Waals surface area contributed by atoms with Crippen molar-refractivity contribution in [2.75, 3.05) is 19.6 Å². The molecule has 18 N–H and O–H groups in total. The second kappa shape index (κ2) is 30.4. The average molecular weight is 1090 g/mol. The Bertz CT molecular complexity index is 2150. The van der Waals surface area contributed by atoms with E-state index in [0.717, 1.165) is 67.4 Å². The van der Waals surface area contributed by atoms with Gasteiger partial charge in [-0.05, 0) is 62.1 Å². The van der Waals surface area contributed by atoms with Crippen molar-refractivity contribution in [1.82, 2.24) is 36.4 Å². The van der Waals surface area contributed by atoms with Gasteiger partial charge in [0.15, 0.2) is 12.2 Å². The van der Waals surface area contributed by atoms with Crippen molar-refractivity contribution in [2.45, 2.75) is 203 Å². The quantitative estimate of drug-likeness (QED) is 0.0322. The van der Waals surface area contributed by atoms with E-state index in [1.807, 2.05) is 0 Å². The Kier molecular flexibility index (Phi) is 25.2. The van der Waals surface area contributed by atoms with Crippen LogP contribution in [0.1, 0.15) is 129 Å². The Hall–Kier alpha value is -5.74. The van der Waals surface area contributed by atoms with Gasteiger partial charge in [-0.15, -0.1) is 0 Å². The van der Waals surface area contributed by atoms with Gasteiger partial charge < -0.3 is 93.8 Å². The fourth-order valence-corrected chi connectivity index (χ4v) is 9.96. The molecule has 434 valence electrons. The highest BCUT2D eigenvalue weighted by Gasteiger charge is 2.49. The van der Waals surface area contributed by atoms with Crippen LogP contribution in [-0.2, 0) is 33.6 Å². The van der Waals surface area contributed by atoms with Crippen LogP contribution in [0.5, 0.6) is 5.75 Å². The summed E-state index contributed by atoms with van der Waals surface area (Å²) in [5, 5.41) is 111. The summed E-state index contributed by atoms with van der Waals surface area (Å²) in [5.74, 6) is -7.48. The Morgan fingerprint density at radius 1 is 0.727 bits per heavy atom. The number of carbonyl (C=O) groups is 7. The molecule has 1 aromatic rings. The van der Waals surface area contributed by atoms with Crippen molar-refractivity contribution >= 4 is 47.3 Å². The van der Waals surface area contributed by atoms with Crippen LogP contribution in [-0.4, -0.2) is 202 Å². The lowest BCUT2D eigenvalue weighted by atomic mass is 9.91. The number of fused-ring (bicyclic) bond motifs is 2. The summed E-state index contributed by atoms with van der Waals surface area (Å²) >= 11 is 0. The first-order valence-corrected chi connectivity index (χ1v) is 26.8. The predicted molar refractivity (Wildman–Crippen MR) is 277 cm³/mol. The number of amides is 7. The number of hydrogen-bond donors (Lipinski definition) is 16. The average Bonchev–Trinajstić information content (AvgIpc) is 3.97. The molecule has 0 aromatic heterocycles. The summed E-state index contributed by atoms with van der Waals surface area (Å²) in [6.45, 7) is 6.52. The van der Waals surface area contributed by atoms with Crippen LogP contribution in [0, 0.1) is 11.8 Å². The van der Waals surface area contributed by atoms with E-state index in [-0.39, 0.29) is 30.7 Å². The maximum absolute atomic E-state index is 14.6. The number of guanidine groups is 1. The molecule has 3 aliphatic heterocycles. The maximum atomic E-state index is 14.6. The Morgan fingerprint density at radius 3 is 1.97 bits per heavy atom. The minimum Gasteiger partial charge on any atom is -0.508 e. The lowest BCUT2D eigenvalue weighted by Crippen LogP contribution is -2.64. The summed E-state index contributed by atoms with van der Waals surface area (Å²) < 4.78 is 0. The smallest absolute Gasteiger partial charge is 0.248 e. The predicted octanol–water partition coefficient (Wildman–Crippen LogP) is -3.55. The molecule has 3 fully saturated rings. The largest absolute Gasteiger partial charge is 0.508 e. The van der Waals surface area contributed by atoms with E-state index in [1.54, 1.807) is 0 Å². The first-order valence-electron chi connectivity index (χ1n) is 26.8. The number of aliphatic imine (C=N–C) groups is 1. The van der Waals surface area contributed by atoms with Crippen LogP contribution in [0.2, 0.25) is 0 Å². The molecule has 3 aliphatic rings. The Labute approximate surface area is 448 Å². The molecule has 77 heavy (non-hydrogen) atoms. The van der Waals surface area contributed by atoms with E-state index in [1.165, 1.54) is 18.6 Å². The minimum atomic E-state index is -2.32. The van der Waals surface area contributed by atoms with E-state index in [9.17, 15) is 79.5 Å². The zero-order valence-corrected chi connectivity index (χ0v) is 44.4. The molecule has 0 aliphatic carbocycles. The van der Waals surface area contributed by atoms with E-state index in [4.69, 9.17) is 11.5 Å².